The van der Waals surface area contributed by atoms with Crippen LogP contribution >= 0.6 is 11.3 Å². The molecule has 0 aliphatic carbocycles. The summed E-state index contributed by atoms with van der Waals surface area (Å²) in [4.78, 5) is 32.1. The Hall–Kier alpha value is -2.65. The van der Waals surface area contributed by atoms with Crippen molar-refractivity contribution in [1.29, 1.82) is 0 Å². The topological polar surface area (TPSA) is 92.8 Å². The van der Waals surface area contributed by atoms with Crippen molar-refractivity contribution in [2.24, 2.45) is 0 Å². The minimum atomic E-state index is -0.770. The molecule has 0 radical (unpaired) electrons. The molecular weight excluding hydrogens is 416 g/mol. The van der Waals surface area contributed by atoms with E-state index in [1.54, 1.807) is 13.8 Å². The van der Waals surface area contributed by atoms with Crippen molar-refractivity contribution in [2.75, 3.05) is 31.2 Å². The number of nitrogens with one attached hydrogen (secondary N) is 2. The van der Waals surface area contributed by atoms with Gasteiger partial charge < -0.3 is 14.4 Å². The van der Waals surface area contributed by atoms with Crippen LogP contribution in [0.4, 0.5) is 5.13 Å². The molecule has 1 aromatic carbocycles. The number of amides is 2. The molecule has 1 aliphatic rings. The van der Waals surface area contributed by atoms with E-state index in [-0.39, 0.29) is 0 Å². The summed E-state index contributed by atoms with van der Waals surface area (Å²) >= 11 is 1.31. The van der Waals surface area contributed by atoms with Gasteiger partial charge in [0.05, 0.1) is 18.9 Å². The fourth-order valence-electron chi connectivity index (χ4n) is 3.11. The van der Waals surface area contributed by atoms with Gasteiger partial charge in [0.15, 0.2) is 11.2 Å². The SMILES string of the molecule is Cc1ccc(C(C)C)cc1OC(C)C(=O)NNC(=O)c1sc(N2CCOCC2)nc1C. The van der Waals surface area contributed by atoms with Crippen molar-refractivity contribution in [3.63, 3.8) is 0 Å². The molecule has 2 aromatic rings. The molecule has 31 heavy (non-hydrogen) atoms. The molecule has 0 saturated carbocycles. The molecule has 0 spiro atoms. The highest BCUT2D eigenvalue weighted by atomic mass is 32.1. The molecular formula is C22H30N4O4S. The van der Waals surface area contributed by atoms with Crippen molar-refractivity contribution in [2.45, 2.75) is 46.6 Å². The van der Waals surface area contributed by atoms with E-state index < -0.39 is 17.9 Å². The molecule has 2 heterocycles. The van der Waals surface area contributed by atoms with Gasteiger partial charge in [0.2, 0.25) is 0 Å². The second-order valence-corrected chi connectivity index (χ2v) is 8.87. The molecule has 0 bridgehead atoms. The summed E-state index contributed by atoms with van der Waals surface area (Å²) in [5, 5.41) is 0.787. The molecule has 1 atom stereocenters. The van der Waals surface area contributed by atoms with Gasteiger partial charge in [-0.05, 0) is 43.9 Å². The van der Waals surface area contributed by atoms with E-state index in [0.29, 0.717) is 35.5 Å². The maximum absolute atomic E-state index is 12.6. The minimum absolute atomic E-state index is 0.358. The quantitative estimate of drug-likeness (QED) is 0.663. The van der Waals surface area contributed by atoms with Crippen LogP contribution in [0.5, 0.6) is 5.75 Å². The average Bonchev–Trinajstić information content (AvgIpc) is 3.15. The number of benzene rings is 1. The molecule has 2 amide bonds. The lowest BCUT2D eigenvalue weighted by Crippen LogP contribution is -2.47. The van der Waals surface area contributed by atoms with Crippen molar-refractivity contribution in [1.82, 2.24) is 15.8 Å². The van der Waals surface area contributed by atoms with Gasteiger partial charge in [0, 0.05) is 13.1 Å². The molecule has 1 saturated heterocycles. The zero-order chi connectivity index (χ0) is 22.5. The molecule has 9 heteroatoms. The van der Waals surface area contributed by atoms with Gasteiger partial charge in [0.1, 0.15) is 10.6 Å². The van der Waals surface area contributed by atoms with E-state index in [4.69, 9.17) is 9.47 Å². The molecule has 1 unspecified atom stereocenters. The van der Waals surface area contributed by atoms with Gasteiger partial charge in [0.25, 0.3) is 11.8 Å². The lowest BCUT2D eigenvalue weighted by Gasteiger charge is -2.25. The third-order valence-electron chi connectivity index (χ3n) is 5.12. The van der Waals surface area contributed by atoms with E-state index in [2.05, 4.69) is 40.6 Å². The van der Waals surface area contributed by atoms with Gasteiger partial charge in [-0.25, -0.2) is 4.98 Å². The van der Waals surface area contributed by atoms with E-state index in [1.165, 1.54) is 11.3 Å². The Morgan fingerprint density at radius 1 is 1.16 bits per heavy atom. The lowest BCUT2D eigenvalue weighted by atomic mass is 10.0. The highest BCUT2D eigenvalue weighted by molar-refractivity contribution is 7.17. The van der Waals surface area contributed by atoms with E-state index in [1.807, 2.05) is 19.1 Å². The highest BCUT2D eigenvalue weighted by Gasteiger charge is 2.22. The van der Waals surface area contributed by atoms with Crippen LogP contribution in [0.2, 0.25) is 0 Å². The number of anilines is 1. The van der Waals surface area contributed by atoms with Gasteiger partial charge in [-0.3, -0.25) is 20.4 Å². The Balaban J connectivity index is 1.57. The number of thiazole rings is 1. The fraction of sp³-hybridized carbons (Fsp3) is 0.500. The largest absolute Gasteiger partial charge is 0.481 e. The third-order valence-corrected chi connectivity index (χ3v) is 6.34. The first-order valence-electron chi connectivity index (χ1n) is 10.4. The fourth-order valence-corrected chi connectivity index (χ4v) is 4.12. The van der Waals surface area contributed by atoms with Gasteiger partial charge in [-0.1, -0.05) is 37.3 Å². The van der Waals surface area contributed by atoms with Crippen LogP contribution in [0.1, 0.15) is 53.2 Å². The summed E-state index contributed by atoms with van der Waals surface area (Å²) in [5.41, 5.74) is 7.64. The number of aromatic nitrogens is 1. The lowest BCUT2D eigenvalue weighted by molar-refractivity contribution is -0.128. The molecule has 3 rings (SSSR count). The van der Waals surface area contributed by atoms with E-state index in [0.717, 1.165) is 29.3 Å². The van der Waals surface area contributed by atoms with Crippen LogP contribution in [0.25, 0.3) is 0 Å². The summed E-state index contributed by atoms with van der Waals surface area (Å²) in [6.45, 7) is 12.4. The van der Waals surface area contributed by atoms with Crippen LogP contribution in [-0.4, -0.2) is 49.2 Å². The first-order chi connectivity index (χ1) is 14.8. The number of hydrogen-bond donors (Lipinski definition) is 2. The highest BCUT2D eigenvalue weighted by Crippen LogP contribution is 2.27. The number of nitrogens with zero attached hydrogens (tertiary/aromatic N) is 2. The summed E-state index contributed by atoms with van der Waals surface area (Å²) in [5.74, 6) is 0.191. The van der Waals surface area contributed by atoms with Crippen molar-refractivity contribution in [3.8, 4) is 5.75 Å². The standard InChI is InChI=1S/C22H30N4O4S/c1-13(2)17-7-6-14(3)18(12-17)30-16(5)20(27)24-25-21(28)19-15(4)23-22(31-19)26-8-10-29-11-9-26/h6-7,12-13,16H,8-11H2,1-5H3,(H,24,27)(H,25,28). The van der Waals surface area contributed by atoms with Crippen LogP contribution in [0.15, 0.2) is 18.2 Å². The monoisotopic (exact) mass is 446 g/mol. The van der Waals surface area contributed by atoms with E-state index in [9.17, 15) is 9.59 Å². The Labute approximate surface area is 186 Å². The number of hydrazine groups is 1. The van der Waals surface area contributed by atoms with Crippen molar-refractivity contribution < 1.29 is 19.1 Å². The maximum Gasteiger partial charge on any atom is 0.281 e. The first kappa shape index (κ1) is 23.0. The Bertz CT molecular complexity index is 938. The number of morpholine rings is 1. The number of aryl methyl sites for hydroxylation is 2. The third kappa shape index (κ3) is 5.74. The number of carbonyl (C=O) groups excluding carboxylic acids is 2. The van der Waals surface area contributed by atoms with E-state index >= 15 is 0 Å². The molecule has 1 aromatic heterocycles. The minimum Gasteiger partial charge on any atom is -0.481 e. The summed E-state index contributed by atoms with van der Waals surface area (Å²) < 4.78 is 11.2. The number of carbonyl (C=O) groups is 2. The Kier molecular flexibility index (Phi) is 7.50. The summed E-state index contributed by atoms with van der Waals surface area (Å²) in [7, 11) is 0. The van der Waals surface area contributed by atoms with Gasteiger partial charge in [-0.15, -0.1) is 0 Å². The number of ether oxygens (including phenoxy) is 2. The summed E-state index contributed by atoms with van der Waals surface area (Å²) in [6.07, 6.45) is -0.770. The van der Waals surface area contributed by atoms with Gasteiger partial charge in [-0.2, -0.15) is 0 Å². The Morgan fingerprint density at radius 2 is 1.87 bits per heavy atom. The number of hydrogen-bond acceptors (Lipinski definition) is 7. The van der Waals surface area contributed by atoms with Crippen molar-refractivity contribution >= 4 is 28.3 Å². The number of rotatable bonds is 6. The molecule has 1 aliphatic heterocycles. The van der Waals surface area contributed by atoms with Gasteiger partial charge >= 0.3 is 0 Å². The molecule has 8 nitrogen and oxygen atoms in total. The van der Waals surface area contributed by atoms with Crippen molar-refractivity contribution in [3.05, 3.63) is 39.9 Å². The molecule has 168 valence electrons. The second-order valence-electron chi connectivity index (χ2n) is 7.89. The predicted molar refractivity (Wildman–Crippen MR) is 121 cm³/mol. The van der Waals surface area contributed by atoms with Crippen LogP contribution < -0.4 is 20.5 Å². The normalized spacial score (nSPS) is 15.0. The molecule has 2 N–H and O–H groups in total. The molecule has 1 fully saturated rings. The predicted octanol–water partition coefficient (Wildman–Crippen LogP) is 2.95. The zero-order valence-electron chi connectivity index (χ0n) is 18.7. The maximum atomic E-state index is 12.6. The Morgan fingerprint density at radius 3 is 2.55 bits per heavy atom. The second kappa shape index (κ2) is 10.1. The van der Waals surface area contributed by atoms with Crippen LogP contribution in [-0.2, 0) is 9.53 Å². The smallest absolute Gasteiger partial charge is 0.281 e. The van der Waals surface area contributed by atoms with Crippen LogP contribution in [0.3, 0.4) is 0 Å². The zero-order valence-corrected chi connectivity index (χ0v) is 19.5. The van der Waals surface area contributed by atoms with Crippen LogP contribution in [0, 0.1) is 13.8 Å². The first-order valence-corrected chi connectivity index (χ1v) is 11.3. The summed E-state index contributed by atoms with van der Waals surface area (Å²) in [6, 6.07) is 5.99. The average molecular weight is 447 g/mol.